The van der Waals surface area contributed by atoms with E-state index in [0.717, 1.165) is 11.8 Å². The van der Waals surface area contributed by atoms with Gasteiger partial charge in [0.2, 0.25) is 11.8 Å². The molecule has 3 amide bonds. The first-order valence-electron chi connectivity index (χ1n) is 10.6. The van der Waals surface area contributed by atoms with Crippen molar-refractivity contribution in [3.05, 3.63) is 36.1 Å². The number of nitrogens with zero attached hydrogens (tertiary/aromatic N) is 1. The highest BCUT2D eigenvalue weighted by molar-refractivity contribution is 5.98. The van der Waals surface area contributed by atoms with E-state index in [4.69, 9.17) is 4.42 Å². The number of benzene rings is 1. The van der Waals surface area contributed by atoms with E-state index >= 15 is 0 Å². The molecule has 8 heteroatoms. The highest BCUT2D eigenvalue weighted by Gasteiger charge is 2.29. The number of carbonyl (C=O) groups is 3. The first-order chi connectivity index (χ1) is 14.9. The Hall–Kier alpha value is -3.34. The lowest BCUT2D eigenvalue weighted by Gasteiger charge is -2.25. The van der Waals surface area contributed by atoms with Crippen LogP contribution in [0.2, 0.25) is 0 Å². The lowest BCUT2D eigenvalue weighted by atomic mass is 9.91. The SMILES string of the molecule is CC(C)C[C@H](NC(=O)c1cc2ccccc2o1)C(=O)N[C@H](C#N)C[C@@H]1CCCNC1=O. The molecule has 0 unspecified atom stereocenters. The summed E-state index contributed by atoms with van der Waals surface area (Å²) in [7, 11) is 0. The Morgan fingerprint density at radius 2 is 2.06 bits per heavy atom. The van der Waals surface area contributed by atoms with Gasteiger partial charge in [-0.15, -0.1) is 0 Å². The zero-order valence-electron chi connectivity index (χ0n) is 17.8. The molecular weight excluding hydrogens is 396 g/mol. The lowest BCUT2D eigenvalue weighted by molar-refractivity contribution is -0.128. The van der Waals surface area contributed by atoms with Crippen LogP contribution in [0.5, 0.6) is 0 Å². The lowest BCUT2D eigenvalue weighted by Crippen LogP contribution is -2.51. The van der Waals surface area contributed by atoms with E-state index < -0.39 is 23.9 Å². The Morgan fingerprint density at radius 1 is 1.29 bits per heavy atom. The standard InChI is InChI=1S/C23H28N4O4/c1-14(2)10-18(27-23(30)20-12-15-6-3-4-8-19(15)31-20)22(29)26-17(13-24)11-16-7-5-9-25-21(16)28/h3-4,6,8,12,14,16-18H,5,7,9-11H2,1-2H3,(H,25,28)(H,26,29)(H,27,30)/t16-,17-,18-/m0/s1. The minimum Gasteiger partial charge on any atom is -0.451 e. The molecule has 3 rings (SSSR count). The smallest absolute Gasteiger partial charge is 0.287 e. The van der Waals surface area contributed by atoms with E-state index in [1.54, 1.807) is 12.1 Å². The largest absolute Gasteiger partial charge is 0.451 e. The average molecular weight is 425 g/mol. The molecule has 8 nitrogen and oxygen atoms in total. The Kier molecular flexibility index (Phi) is 7.29. The molecular formula is C23H28N4O4. The summed E-state index contributed by atoms with van der Waals surface area (Å²) < 4.78 is 5.59. The summed E-state index contributed by atoms with van der Waals surface area (Å²) in [6.07, 6.45) is 2.20. The van der Waals surface area contributed by atoms with Gasteiger partial charge in [0.1, 0.15) is 17.7 Å². The number of piperidine rings is 1. The van der Waals surface area contributed by atoms with Crippen LogP contribution in [0, 0.1) is 23.2 Å². The molecule has 1 aliphatic rings. The minimum atomic E-state index is -0.822. The van der Waals surface area contributed by atoms with Crippen LogP contribution in [0.15, 0.2) is 34.7 Å². The fraction of sp³-hybridized carbons (Fsp3) is 0.478. The van der Waals surface area contributed by atoms with E-state index in [-0.39, 0.29) is 29.9 Å². The molecule has 164 valence electrons. The Balaban J connectivity index is 1.66. The maximum atomic E-state index is 12.9. The second-order valence-corrected chi connectivity index (χ2v) is 8.36. The number of rotatable bonds is 8. The van der Waals surface area contributed by atoms with E-state index in [2.05, 4.69) is 22.0 Å². The van der Waals surface area contributed by atoms with Gasteiger partial charge in [0.25, 0.3) is 5.91 Å². The molecule has 2 heterocycles. The van der Waals surface area contributed by atoms with E-state index in [0.29, 0.717) is 25.0 Å². The molecule has 0 aliphatic carbocycles. The zero-order valence-corrected chi connectivity index (χ0v) is 17.8. The molecule has 1 saturated heterocycles. The minimum absolute atomic E-state index is 0.0855. The number of furan rings is 1. The second-order valence-electron chi connectivity index (χ2n) is 8.36. The molecule has 0 bridgehead atoms. The summed E-state index contributed by atoms with van der Waals surface area (Å²) in [4.78, 5) is 37.6. The van der Waals surface area contributed by atoms with Crippen molar-refractivity contribution >= 4 is 28.7 Å². The first kappa shape index (κ1) is 22.3. The van der Waals surface area contributed by atoms with Gasteiger partial charge in [-0.1, -0.05) is 32.0 Å². The van der Waals surface area contributed by atoms with Gasteiger partial charge in [0.05, 0.1) is 6.07 Å². The van der Waals surface area contributed by atoms with Crippen molar-refractivity contribution in [1.82, 2.24) is 16.0 Å². The maximum absolute atomic E-state index is 12.9. The van der Waals surface area contributed by atoms with Crippen molar-refractivity contribution in [2.75, 3.05) is 6.54 Å². The molecule has 3 N–H and O–H groups in total. The number of fused-ring (bicyclic) bond motifs is 1. The highest BCUT2D eigenvalue weighted by atomic mass is 16.3. The Bertz CT molecular complexity index is 958. The van der Waals surface area contributed by atoms with Crippen LogP contribution in [0.25, 0.3) is 11.0 Å². The summed E-state index contributed by atoms with van der Waals surface area (Å²) in [5.41, 5.74) is 0.591. The van der Waals surface area contributed by atoms with Crippen LogP contribution in [0.3, 0.4) is 0 Å². The first-order valence-corrected chi connectivity index (χ1v) is 10.6. The molecule has 1 fully saturated rings. The van der Waals surface area contributed by atoms with Gasteiger partial charge >= 0.3 is 0 Å². The third-order valence-electron chi connectivity index (χ3n) is 5.37. The van der Waals surface area contributed by atoms with E-state index in [9.17, 15) is 19.6 Å². The molecule has 1 aromatic heterocycles. The van der Waals surface area contributed by atoms with Gasteiger partial charge in [-0.3, -0.25) is 14.4 Å². The zero-order chi connectivity index (χ0) is 22.4. The fourth-order valence-corrected chi connectivity index (χ4v) is 3.79. The van der Waals surface area contributed by atoms with E-state index in [1.165, 1.54) is 0 Å². The summed E-state index contributed by atoms with van der Waals surface area (Å²) in [6, 6.07) is 9.35. The van der Waals surface area contributed by atoms with Gasteiger partial charge in [-0.05, 0) is 43.7 Å². The van der Waals surface area contributed by atoms with Crippen molar-refractivity contribution in [3.63, 3.8) is 0 Å². The summed E-state index contributed by atoms with van der Waals surface area (Å²) in [6.45, 7) is 4.53. The van der Waals surface area contributed by atoms with Gasteiger partial charge in [0.15, 0.2) is 5.76 Å². The third-order valence-corrected chi connectivity index (χ3v) is 5.37. The van der Waals surface area contributed by atoms with Crippen molar-refractivity contribution in [3.8, 4) is 6.07 Å². The van der Waals surface area contributed by atoms with Crippen molar-refractivity contribution in [2.24, 2.45) is 11.8 Å². The van der Waals surface area contributed by atoms with Crippen molar-refractivity contribution in [1.29, 1.82) is 5.26 Å². The average Bonchev–Trinajstić information content (AvgIpc) is 3.18. The number of amides is 3. The van der Waals surface area contributed by atoms with Crippen molar-refractivity contribution in [2.45, 2.75) is 51.6 Å². The van der Waals surface area contributed by atoms with Crippen LogP contribution in [-0.2, 0) is 9.59 Å². The number of hydrogen-bond donors (Lipinski definition) is 3. The monoisotopic (exact) mass is 424 g/mol. The number of nitrogens with one attached hydrogen (secondary N) is 3. The number of carbonyl (C=O) groups excluding carboxylic acids is 3. The van der Waals surface area contributed by atoms with Crippen LogP contribution in [-0.4, -0.2) is 36.3 Å². The van der Waals surface area contributed by atoms with Gasteiger partial charge in [-0.2, -0.15) is 5.26 Å². The van der Waals surface area contributed by atoms with Crippen molar-refractivity contribution < 1.29 is 18.8 Å². The Labute approximate surface area is 181 Å². The van der Waals surface area contributed by atoms with Crippen LogP contribution >= 0.6 is 0 Å². The predicted octanol–water partition coefficient (Wildman–Crippen LogP) is 2.50. The van der Waals surface area contributed by atoms with Gasteiger partial charge in [0, 0.05) is 17.8 Å². The third kappa shape index (κ3) is 5.85. The number of para-hydroxylation sites is 1. The number of hydrogen-bond acceptors (Lipinski definition) is 5. The molecule has 1 aromatic carbocycles. The highest BCUT2D eigenvalue weighted by Crippen LogP contribution is 2.20. The molecule has 0 saturated carbocycles. The molecule has 0 radical (unpaired) electrons. The maximum Gasteiger partial charge on any atom is 0.287 e. The molecule has 3 atom stereocenters. The summed E-state index contributed by atoms with van der Waals surface area (Å²) in [5.74, 6) is -1.06. The molecule has 2 aromatic rings. The second kappa shape index (κ2) is 10.1. The fourth-order valence-electron chi connectivity index (χ4n) is 3.79. The van der Waals surface area contributed by atoms with E-state index in [1.807, 2.05) is 32.0 Å². The van der Waals surface area contributed by atoms with Crippen LogP contribution in [0.1, 0.15) is 50.1 Å². The number of nitriles is 1. The van der Waals surface area contributed by atoms with Crippen LogP contribution in [0.4, 0.5) is 0 Å². The normalized spacial score (nSPS) is 18.1. The molecule has 0 spiro atoms. The topological polar surface area (TPSA) is 124 Å². The quantitative estimate of drug-likeness (QED) is 0.601. The summed E-state index contributed by atoms with van der Waals surface area (Å²) >= 11 is 0. The van der Waals surface area contributed by atoms with Gasteiger partial charge < -0.3 is 20.4 Å². The van der Waals surface area contributed by atoms with Crippen LogP contribution < -0.4 is 16.0 Å². The molecule has 1 aliphatic heterocycles. The summed E-state index contributed by atoms with van der Waals surface area (Å²) in [5, 5.41) is 18.5. The predicted molar refractivity (Wildman–Crippen MR) is 115 cm³/mol. The molecule has 31 heavy (non-hydrogen) atoms. The Morgan fingerprint density at radius 3 is 2.74 bits per heavy atom. The van der Waals surface area contributed by atoms with Gasteiger partial charge in [-0.25, -0.2) is 0 Å².